The molecule has 0 aliphatic carbocycles. The van der Waals surface area contributed by atoms with Crippen LogP contribution in [0, 0.1) is 6.92 Å². The van der Waals surface area contributed by atoms with Crippen molar-refractivity contribution >= 4 is 34.1 Å². The van der Waals surface area contributed by atoms with Gasteiger partial charge in [0.25, 0.3) is 5.22 Å². The smallest absolute Gasteiger partial charge is 0.277 e. The Kier molecular flexibility index (Phi) is 5.12. The fraction of sp³-hybridized carbons (Fsp3) is 0.136. The minimum Gasteiger partial charge on any atom is -0.411 e. The van der Waals surface area contributed by atoms with E-state index in [0.29, 0.717) is 11.1 Å². The van der Waals surface area contributed by atoms with E-state index in [0.717, 1.165) is 27.6 Å². The number of anilines is 1. The second-order valence-electron chi connectivity index (χ2n) is 6.46. The molecule has 0 unspecified atom stereocenters. The highest BCUT2D eigenvalue weighted by Crippen LogP contribution is 2.29. The number of fused-ring (bicyclic) bond motifs is 1. The van der Waals surface area contributed by atoms with Gasteiger partial charge in [0.05, 0.1) is 5.25 Å². The van der Waals surface area contributed by atoms with Gasteiger partial charge in [-0.15, -0.1) is 10.2 Å². The average molecular weight is 389 g/mol. The van der Waals surface area contributed by atoms with Crippen molar-refractivity contribution in [1.29, 1.82) is 0 Å². The molecule has 5 nitrogen and oxygen atoms in total. The Balaban J connectivity index is 1.47. The molecule has 0 aliphatic heterocycles. The first-order valence-electron chi connectivity index (χ1n) is 8.96. The fourth-order valence-electron chi connectivity index (χ4n) is 2.95. The number of amides is 1. The quantitative estimate of drug-likeness (QED) is 0.468. The van der Waals surface area contributed by atoms with Crippen molar-refractivity contribution in [3.05, 3.63) is 72.3 Å². The number of hydrogen-bond acceptors (Lipinski definition) is 5. The minimum atomic E-state index is -0.385. The van der Waals surface area contributed by atoms with Gasteiger partial charge in [0, 0.05) is 16.6 Å². The number of carbonyl (C=O) groups excluding carboxylic acids is 1. The molecule has 0 saturated heterocycles. The van der Waals surface area contributed by atoms with E-state index in [1.807, 2.05) is 80.6 Å². The molecule has 0 bridgehead atoms. The number of nitrogens with one attached hydrogen (secondary N) is 1. The van der Waals surface area contributed by atoms with Crippen LogP contribution in [0.25, 0.3) is 22.2 Å². The second-order valence-corrected chi connectivity index (χ2v) is 7.76. The first kappa shape index (κ1) is 18.3. The molecule has 6 heteroatoms. The number of aryl methyl sites for hydroxylation is 1. The Bertz CT molecular complexity index is 1130. The zero-order valence-electron chi connectivity index (χ0n) is 15.5. The van der Waals surface area contributed by atoms with E-state index in [1.165, 1.54) is 11.8 Å². The molecular formula is C22H19N3O2S. The van der Waals surface area contributed by atoms with Crippen LogP contribution in [-0.2, 0) is 4.79 Å². The first-order valence-corrected chi connectivity index (χ1v) is 9.84. The predicted octanol–water partition coefficient (Wildman–Crippen LogP) is 5.32. The molecule has 4 rings (SSSR count). The monoisotopic (exact) mass is 389 g/mol. The standard InChI is InChI=1S/C22H19N3O2S/c1-14-8-3-5-11-17(14)21-24-25-22(27-21)28-15(2)20(26)23-19-13-7-10-16-9-4-6-12-18(16)19/h3-13,15H,1-2H3,(H,23,26)/t15-/m0/s1. The maximum absolute atomic E-state index is 12.7. The highest BCUT2D eigenvalue weighted by molar-refractivity contribution is 8.00. The van der Waals surface area contributed by atoms with Crippen molar-refractivity contribution in [3.8, 4) is 11.5 Å². The summed E-state index contributed by atoms with van der Waals surface area (Å²) in [4.78, 5) is 12.7. The lowest BCUT2D eigenvalue weighted by Crippen LogP contribution is -2.22. The maximum atomic E-state index is 12.7. The number of benzene rings is 3. The number of thioether (sulfide) groups is 1. The van der Waals surface area contributed by atoms with Crippen LogP contribution in [0.3, 0.4) is 0 Å². The molecular weight excluding hydrogens is 370 g/mol. The number of hydrogen-bond donors (Lipinski definition) is 1. The van der Waals surface area contributed by atoms with E-state index < -0.39 is 0 Å². The molecule has 1 heterocycles. The zero-order valence-corrected chi connectivity index (χ0v) is 16.4. The van der Waals surface area contributed by atoms with Crippen molar-refractivity contribution < 1.29 is 9.21 Å². The van der Waals surface area contributed by atoms with Gasteiger partial charge in [0.2, 0.25) is 11.8 Å². The molecule has 1 aromatic heterocycles. The predicted molar refractivity (Wildman–Crippen MR) is 112 cm³/mol. The summed E-state index contributed by atoms with van der Waals surface area (Å²) in [5.41, 5.74) is 2.75. The molecule has 0 saturated carbocycles. The Morgan fingerprint density at radius 2 is 1.75 bits per heavy atom. The third-order valence-electron chi connectivity index (χ3n) is 4.48. The lowest BCUT2D eigenvalue weighted by Gasteiger charge is -2.12. The average Bonchev–Trinajstić information content (AvgIpc) is 3.16. The van der Waals surface area contributed by atoms with Crippen molar-refractivity contribution in [1.82, 2.24) is 10.2 Å². The third-order valence-corrected chi connectivity index (χ3v) is 5.41. The van der Waals surface area contributed by atoms with Crippen LogP contribution in [0.1, 0.15) is 12.5 Å². The summed E-state index contributed by atoms with van der Waals surface area (Å²) in [6, 6.07) is 21.6. The SMILES string of the molecule is Cc1ccccc1-c1nnc(S[C@@H](C)C(=O)Nc2cccc3ccccc23)o1. The summed E-state index contributed by atoms with van der Waals surface area (Å²) in [5, 5.41) is 13.3. The summed E-state index contributed by atoms with van der Waals surface area (Å²) in [7, 11) is 0. The second kappa shape index (κ2) is 7.86. The van der Waals surface area contributed by atoms with E-state index in [1.54, 1.807) is 0 Å². The van der Waals surface area contributed by atoms with Gasteiger partial charge in [-0.2, -0.15) is 0 Å². The number of carbonyl (C=O) groups is 1. The van der Waals surface area contributed by atoms with Crippen molar-refractivity contribution in [2.45, 2.75) is 24.3 Å². The van der Waals surface area contributed by atoms with E-state index in [9.17, 15) is 4.79 Å². The molecule has 0 spiro atoms. The first-order chi connectivity index (χ1) is 13.6. The van der Waals surface area contributed by atoms with Gasteiger partial charge in [-0.05, 0) is 36.9 Å². The molecule has 140 valence electrons. The van der Waals surface area contributed by atoms with Gasteiger partial charge in [-0.25, -0.2) is 0 Å². The summed E-state index contributed by atoms with van der Waals surface area (Å²) < 4.78 is 5.75. The molecule has 1 N–H and O–H groups in total. The Hall–Kier alpha value is -3.12. The van der Waals surface area contributed by atoms with Crippen molar-refractivity contribution in [3.63, 3.8) is 0 Å². The number of rotatable bonds is 5. The van der Waals surface area contributed by atoms with Crippen LogP contribution >= 0.6 is 11.8 Å². The molecule has 1 amide bonds. The molecule has 3 aromatic carbocycles. The van der Waals surface area contributed by atoms with E-state index >= 15 is 0 Å². The topological polar surface area (TPSA) is 68.0 Å². The molecule has 28 heavy (non-hydrogen) atoms. The highest BCUT2D eigenvalue weighted by atomic mass is 32.2. The normalized spacial score (nSPS) is 12.1. The van der Waals surface area contributed by atoms with Crippen LogP contribution in [0.4, 0.5) is 5.69 Å². The van der Waals surface area contributed by atoms with Crippen LogP contribution in [0.2, 0.25) is 0 Å². The van der Waals surface area contributed by atoms with Gasteiger partial charge in [-0.3, -0.25) is 4.79 Å². The Labute approximate surface area is 167 Å². The summed E-state index contributed by atoms with van der Waals surface area (Å²) >= 11 is 1.25. The largest absolute Gasteiger partial charge is 0.411 e. The lowest BCUT2D eigenvalue weighted by atomic mass is 10.1. The van der Waals surface area contributed by atoms with Crippen molar-refractivity contribution in [2.24, 2.45) is 0 Å². The van der Waals surface area contributed by atoms with Gasteiger partial charge >= 0.3 is 0 Å². The van der Waals surface area contributed by atoms with Crippen LogP contribution in [0.15, 0.2) is 76.4 Å². The van der Waals surface area contributed by atoms with E-state index in [2.05, 4.69) is 15.5 Å². The van der Waals surface area contributed by atoms with Crippen molar-refractivity contribution in [2.75, 3.05) is 5.32 Å². The van der Waals surface area contributed by atoms with E-state index in [4.69, 9.17) is 4.42 Å². The summed E-state index contributed by atoms with van der Waals surface area (Å²) in [5.74, 6) is 0.347. The lowest BCUT2D eigenvalue weighted by molar-refractivity contribution is -0.115. The molecule has 1 atom stereocenters. The number of nitrogens with zero attached hydrogens (tertiary/aromatic N) is 2. The van der Waals surface area contributed by atoms with Gasteiger partial charge < -0.3 is 9.73 Å². The summed E-state index contributed by atoms with van der Waals surface area (Å²) in [6.45, 7) is 3.81. The third kappa shape index (κ3) is 3.77. The molecule has 4 aromatic rings. The van der Waals surface area contributed by atoms with Crippen LogP contribution < -0.4 is 5.32 Å². The van der Waals surface area contributed by atoms with Crippen LogP contribution in [-0.4, -0.2) is 21.4 Å². The maximum Gasteiger partial charge on any atom is 0.277 e. The van der Waals surface area contributed by atoms with Gasteiger partial charge in [-0.1, -0.05) is 66.4 Å². The Morgan fingerprint density at radius 1 is 1.00 bits per heavy atom. The van der Waals surface area contributed by atoms with Gasteiger partial charge in [0.1, 0.15) is 0 Å². The molecule has 0 fully saturated rings. The Morgan fingerprint density at radius 3 is 2.61 bits per heavy atom. The summed E-state index contributed by atoms with van der Waals surface area (Å²) in [6.07, 6.45) is 0. The fourth-order valence-corrected chi connectivity index (χ4v) is 3.64. The number of aromatic nitrogens is 2. The molecule has 0 radical (unpaired) electrons. The molecule has 0 aliphatic rings. The minimum absolute atomic E-state index is 0.114. The zero-order chi connectivity index (χ0) is 19.5. The van der Waals surface area contributed by atoms with Crippen LogP contribution in [0.5, 0.6) is 0 Å². The highest BCUT2D eigenvalue weighted by Gasteiger charge is 2.20. The van der Waals surface area contributed by atoms with E-state index in [-0.39, 0.29) is 11.2 Å². The van der Waals surface area contributed by atoms with Gasteiger partial charge in [0.15, 0.2) is 0 Å².